The van der Waals surface area contributed by atoms with Crippen LogP contribution in [0.3, 0.4) is 0 Å². The number of nitrogens with zero attached hydrogens (tertiary/aromatic N) is 1. The molecule has 2 amide bonds. The van der Waals surface area contributed by atoms with Crippen molar-refractivity contribution in [3.05, 3.63) is 24.3 Å². The van der Waals surface area contributed by atoms with Gasteiger partial charge >= 0.3 is 39.5 Å². The van der Waals surface area contributed by atoms with Gasteiger partial charge in [0.15, 0.2) is 12.4 Å². The van der Waals surface area contributed by atoms with Gasteiger partial charge in [0, 0.05) is 37.6 Å². The Morgan fingerprint density at radius 3 is 1.04 bits per heavy atom. The first-order valence-corrected chi connectivity index (χ1v) is 53.5. The highest BCUT2D eigenvalue weighted by molar-refractivity contribution is 7.46. The number of aliphatic hydroxyl groups excluding tert-OH is 1. The molecule has 5 unspecified atom stereocenters. The van der Waals surface area contributed by atoms with Gasteiger partial charge in [-0.3, -0.25) is 43.1 Å². The van der Waals surface area contributed by atoms with Crippen LogP contribution in [0.2, 0.25) is 0 Å². The van der Waals surface area contributed by atoms with Crippen molar-refractivity contribution in [1.29, 1.82) is 0 Å². The number of rotatable bonds is 87. The summed E-state index contributed by atoms with van der Waals surface area (Å²) >= 11 is 0. The molecule has 1 aromatic rings. The predicted molar refractivity (Wildman–Crippen MR) is 494 cm³/mol. The summed E-state index contributed by atoms with van der Waals surface area (Å²) in [5.74, 6) is -3.98. The van der Waals surface area contributed by atoms with E-state index >= 15 is 14.4 Å². The van der Waals surface area contributed by atoms with E-state index in [1.165, 1.54) is 183 Å². The van der Waals surface area contributed by atoms with Gasteiger partial charge < -0.3 is 58.1 Å². The Kier molecular flexibility index (Phi) is 72.8. The number of unbranched alkanes of at least 4 members (excludes halogenated alkanes) is 54. The molecule has 0 radical (unpaired) electrons. The highest BCUT2D eigenvalue weighted by Gasteiger charge is 2.52. The molecular formula is C98H180N2O21P2. The third-order valence-corrected chi connectivity index (χ3v) is 24.8. The molecule has 718 valence electrons. The van der Waals surface area contributed by atoms with Crippen LogP contribution in [0.25, 0.3) is 0 Å². The van der Waals surface area contributed by atoms with Crippen LogP contribution in [0, 0.1) is 0 Å². The Bertz CT molecular complexity index is 2850. The average molecular weight is 1780 g/mol. The molecule has 8 atom stereocenters. The van der Waals surface area contributed by atoms with Crippen molar-refractivity contribution < 1.29 is 100 Å². The maximum atomic E-state index is 15.3. The zero-order chi connectivity index (χ0) is 89.9. The Balaban J connectivity index is 2.80. The number of ether oxygens (including phenoxy) is 6. The van der Waals surface area contributed by atoms with Crippen molar-refractivity contribution in [3.63, 3.8) is 0 Å². The third-order valence-electron chi connectivity index (χ3n) is 23.9. The van der Waals surface area contributed by atoms with E-state index in [0.717, 1.165) is 193 Å². The van der Waals surface area contributed by atoms with Crippen molar-refractivity contribution in [3.8, 4) is 5.75 Å². The molecule has 0 spiro atoms. The van der Waals surface area contributed by atoms with Gasteiger partial charge in [-0.05, 0) is 69.9 Å². The fourth-order valence-corrected chi connectivity index (χ4v) is 17.6. The van der Waals surface area contributed by atoms with Crippen LogP contribution in [0.4, 0.5) is 5.69 Å². The minimum atomic E-state index is -5.59. The maximum absolute atomic E-state index is 15.3. The smallest absolute Gasteiger partial charge is 0.462 e. The summed E-state index contributed by atoms with van der Waals surface area (Å²) in [4.78, 5) is 130. The van der Waals surface area contributed by atoms with Crippen molar-refractivity contribution in [1.82, 2.24) is 5.32 Å². The largest absolute Gasteiger partial charge is 0.524 e. The number of carbonyl (C=O) groups excluding carboxylic acids is 6. The van der Waals surface area contributed by atoms with Gasteiger partial charge in [-0.15, -0.1) is 0 Å². The normalized spacial score (nSPS) is 16.3. The number of benzene rings is 1. The summed E-state index contributed by atoms with van der Waals surface area (Å²) in [5.41, 5.74) is 0.0979. The molecule has 123 heavy (non-hydrogen) atoms. The van der Waals surface area contributed by atoms with E-state index < -0.39 is 126 Å². The zero-order valence-electron chi connectivity index (χ0n) is 78.4. The van der Waals surface area contributed by atoms with Crippen LogP contribution in [0.1, 0.15) is 485 Å². The predicted octanol–water partition coefficient (Wildman–Crippen LogP) is 25.9. The molecule has 1 aliphatic heterocycles. The maximum Gasteiger partial charge on any atom is 0.524 e. The number of hydrogen-bond donors (Lipinski definition) is 6. The lowest BCUT2D eigenvalue weighted by atomic mass is 9.96. The lowest BCUT2D eigenvalue weighted by Gasteiger charge is -2.45. The number of phosphoric acid groups is 2. The van der Waals surface area contributed by atoms with Crippen molar-refractivity contribution in [2.75, 3.05) is 24.7 Å². The summed E-state index contributed by atoms with van der Waals surface area (Å²) in [5, 5.41) is 14.1. The molecule has 0 bridgehead atoms. The molecule has 1 aromatic carbocycles. The van der Waals surface area contributed by atoms with Crippen LogP contribution >= 0.6 is 15.6 Å². The number of esters is 4. The van der Waals surface area contributed by atoms with Gasteiger partial charge in [0.2, 0.25) is 11.8 Å². The summed E-state index contributed by atoms with van der Waals surface area (Å²) in [6.07, 6.45) is 53.6. The fraction of sp³-hybridized carbons (Fsp3) is 0.878. The van der Waals surface area contributed by atoms with Crippen molar-refractivity contribution in [2.45, 2.75) is 534 Å². The molecule has 25 heteroatoms. The van der Waals surface area contributed by atoms with Crippen LogP contribution in [-0.2, 0) is 70.8 Å². The first kappa shape index (κ1) is 115. The number of aliphatic hydroxyl groups is 1. The van der Waals surface area contributed by atoms with E-state index in [1.54, 1.807) is 0 Å². The second-order valence-electron chi connectivity index (χ2n) is 35.5. The minimum Gasteiger partial charge on any atom is -0.462 e. The average Bonchev–Trinajstić information content (AvgIpc) is 0.779. The summed E-state index contributed by atoms with van der Waals surface area (Å²) in [7, 11) is -10.7. The standard InChI is InChI=1S/C98H180N2O21P2/c1-7-13-19-25-31-37-40-46-52-58-64-73-91(104)115-84(69-61-55-49-43-34-28-22-16-10-4)79-89(102)99-95-97(119-94(107)81-86(71-63-57-51-45-36-30-24-18-12-6)117-93(106)75-66-60-54-48-42-39-33-27-21-15-9-3)96(121-123(111,112)113)88(82-101)118-98(95)114-77-76-100(83-68-67-72-87(78-83)120-122(108,109)110)90(103)80-85(70-62-56-50-44-35-29-23-17-11-5)116-92(105)74-65-59-53-47-41-38-32-26-20-14-8-2/h67-68,72,78,84-86,88,95-98,101H,7-66,69-71,73-77,79-82H2,1-6H3,(H,99,102)(H2,108,109,110)(H2,111,112,113)/t84-,85-,86-,88?,95?,96?,97?,98?/m1/s1. The van der Waals surface area contributed by atoms with Gasteiger partial charge in [0.25, 0.3) is 0 Å². The second-order valence-corrected chi connectivity index (χ2v) is 37.8. The fourth-order valence-electron chi connectivity index (χ4n) is 16.6. The van der Waals surface area contributed by atoms with Crippen LogP contribution in [0.15, 0.2) is 24.3 Å². The van der Waals surface area contributed by atoms with E-state index in [-0.39, 0.29) is 43.7 Å². The van der Waals surface area contributed by atoms with Gasteiger partial charge in [-0.25, -0.2) is 9.13 Å². The topological polar surface area (TPSA) is 327 Å². The van der Waals surface area contributed by atoms with Gasteiger partial charge in [0.05, 0.1) is 32.5 Å². The molecule has 1 aliphatic rings. The molecule has 1 saturated heterocycles. The van der Waals surface area contributed by atoms with E-state index in [9.17, 15) is 48.2 Å². The van der Waals surface area contributed by atoms with E-state index in [2.05, 4.69) is 46.9 Å². The number of carbonyl (C=O) groups is 6. The molecular weight excluding hydrogens is 1600 g/mol. The lowest BCUT2D eigenvalue weighted by Crippen LogP contribution is -2.66. The van der Waals surface area contributed by atoms with Gasteiger partial charge in [-0.1, -0.05) is 394 Å². The van der Waals surface area contributed by atoms with E-state index in [0.29, 0.717) is 57.8 Å². The molecule has 23 nitrogen and oxygen atoms in total. The molecule has 2 rings (SSSR count). The second kappa shape index (κ2) is 77.9. The minimum absolute atomic E-state index is 0.0979. The molecule has 1 heterocycles. The SMILES string of the molecule is CCCCCCCCCCCCCC(=O)O[C@H](CCCCCCCCCCC)CC(=O)NC1C(OCCN(C(=O)C[C@@H](CCCCCCCCCCC)OC(=O)CCCCCCCCCCCCC)c2cccc(OP(=O)(O)O)c2)OC(CO)C(OP(=O)(O)O)C1OC(=O)C[C@@H](CCCCCCCCCCC)OC(=O)CCCCCCCCCCCCC. The van der Waals surface area contributed by atoms with Gasteiger partial charge in [0.1, 0.15) is 42.3 Å². The Morgan fingerprint density at radius 2 is 0.715 bits per heavy atom. The Hall–Kier alpha value is -4.02. The first-order chi connectivity index (χ1) is 59.6. The summed E-state index contributed by atoms with van der Waals surface area (Å²) in [6.45, 7) is 11.3. The van der Waals surface area contributed by atoms with Crippen molar-refractivity contribution in [2.24, 2.45) is 0 Å². The summed E-state index contributed by atoms with van der Waals surface area (Å²) in [6, 6.07) is 3.81. The quantitative estimate of drug-likeness (QED) is 0.0153. The number of nitrogens with one attached hydrogen (secondary N) is 1. The third kappa shape index (κ3) is 65.2. The molecule has 0 aromatic heterocycles. The van der Waals surface area contributed by atoms with Crippen LogP contribution < -0.4 is 14.7 Å². The molecule has 6 N–H and O–H groups in total. The molecule has 0 saturated carbocycles. The van der Waals surface area contributed by atoms with E-state index in [4.69, 9.17) is 37.5 Å². The van der Waals surface area contributed by atoms with Crippen LogP contribution in [0.5, 0.6) is 5.75 Å². The number of hydrogen-bond acceptors (Lipinski definition) is 17. The molecule has 0 aliphatic carbocycles. The van der Waals surface area contributed by atoms with E-state index in [1.807, 2.05) is 0 Å². The monoisotopic (exact) mass is 1780 g/mol. The highest BCUT2D eigenvalue weighted by Crippen LogP contribution is 2.43. The first-order valence-electron chi connectivity index (χ1n) is 50.4. The lowest BCUT2D eigenvalue weighted by molar-refractivity contribution is -0.270. The highest BCUT2D eigenvalue weighted by atomic mass is 31.2. The Morgan fingerprint density at radius 1 is 0.398 bits per heavy atom. The molecule has 1 fully saturated rings. The van der Waals surface area contributed by atoms with Gasteiger partial charge in [-0.2, -0.15) is 0 Å². The van der Waals surface area contributed by atoms with Crippen molar-refractivity contribution >= 4 is 57.0 Å². The summed E-state index contributed by atoms with van der Waals surface area (Å²) < 4.78 is 74.0. The number of amides is 2. The van der Waals surface area contributed by atoms with Crippen LogP contribution in [-0.4, -0.2) is 129 Å². The number of anilines is 1. The zero-order valence-corrected chi connectivity index (χ0v) is 80.2. The Labute approximate surface area is 746 Å². The number of phosphoric ester groups is 2.